The Morgan fingerprint density at radius 2 is 1.97 bits per heavy atom. The molecule has 0 amide bonds. The lowest BCUT2D eigenvalue weighted by molar-refractivity contribution is -0.190. The topological polar surface area (TPSA) is 101 Å². The molecule has 176 valence electrons. The van der Waals surface area contributed by atoms with E-state index in [1.807, 2.05) is 26.8 Å². The van der Waals surface area contributed by atoms with Crippen LogP contribution in [0.5, 0.6) is 0 Å². The van der Waals surface area contributed by atoms with Gasteiger partial charge >= 0.3 is 5.97 Å². The Kier molecular flexibility index (Phi) is 5.55. The highest BCUT2D eigenvalue weighted by Crippen LogP contribution is 2.71. The van der Waals surface area contributed by atoms with E-state index in [1.54, 1.807) is 13.0 Å². The molecular weight excluding hydrogens is 432 g/mol. The number of aliphatic hydroxyl groups excluding tert-OH is 1. The number of esters is 1. The summed E-state index contributed by atoms with van der Waals surface area (Å²) in [7, 11) is 0. The lowest BCUT2D eigenvalue weighted by Gasteiger charge is -2.64. The highest BCUT2D eigenvalue weighted by molar-refractivity contribution is 6.26. The number of Topliss-reactive ketones (excluding diaryl/α,β-unsaturated/α-hetero) is 1. The third kappa shape index (κ3) is 2.75. The van der Waals surface area contributed by atoms with Gasteiger partial charge in [0, 0.05) is 17.3 Å². The van der Waals surface area contributed by atoms with E-state index in [9.17, 15) is 24.6 Å². The summed E-state index contributed by atoms with van der Waals surface area (Å²) in [5.74, 6) is -1.68. The Balaban J connectivity index is 1.89. The van der Waals surface area contributed by atoms with Crippen LogP contribution in [0.25, 0.3) is 0 Å². The van der Waals surface area contributed by atoms with Crippen LogP contribution in [-0.4, -0.2) is 50.9 Å². The van der Waals surface area contributed by atoms with E-state index in [1.165, 1.54) is 6.08 Å². The maximum absolute atomic E-state index is 12.9. The minimum absolute atomic E-state index is 0.0728. The molecule has 4 rings (SSSR count). The summed E-state index contributed by atoms with van der Waals surface area (Å²) < 4.78 is 5.97. The van der Waals surface area contributed by atoms with Crippen LogP contribution in [0.3, 0.4) is 0 Å². The molecule has 0 unspecified atom stereocenters. The van der Waals surface area contributed by atoms with Crippen LogP contribution < -0.4 is 0 Å². The van der Waals surface area contributed by atoms with Crippen molar-refractivity contribution in [1.29, 1.82) is 0 Å². The largest absolute Gasteiger partial charge is 0.460 e. The number of hydrogen-bond donors (Lipinski definition) is 2. The van der Waals surface area contributed by atoms with Crippen LogP contribution >= 0.6 is 11.6 Å². The second-order valence-electron chi connectivity index (χ2n) is 10.6. The highest BCUT2D eigenvalue weighted by atomic mass is 35.5. The molecule has 0 bridgehead atoms. The fraction of sp³-hybridized carbons (Fsp3) is 0.720. The van der Waals surface area contributed by atoms with E-state index >= 15 is 0 Å². The zero-order valence-electron chi connectivity index (χ0n) is 19.2. The molecule has 3 saturated carbocycles. The minimum Gasteiger partial charge on any atom is -0.460 e. The monoisotopic (exact) mass is 464 g/mol. The summed E-state index contributed by atoms with van der Waals surface area (Å²) in [6.07, 6.45) is 6.58. The summed E-state index contributed by atoms with van der Waals surface area (Å²) in [6, 6.07) is 0. The molecular formula is C25H33ClO6. The fourth-order valence-corrected chi connectivity index (χ4v) is 8.16. The molecule has 0 heterocycles. The number of alkyl halides is 1. The SMILES string of the molecule is CCC(=O)O[C@H]1C[C@@]2(C)[C@@H](C[C@H](C)[C@]2(O)C(=O)CO)[C@@H]2CCC3=CC(=O)C=C[C@]3(C)[C@@]12Cl. The highest BCUT2D eigenvalue weighted by Gasteiger charge is 2.75. The van der Waals surface area contributed by atoms with Gasteiger partial charge in [-0.2, -0.15) is 0 Å². The van der Waals surface area contributed by atoms with Gasteiger partial charge in [-0.25, -0.2) is 0 Å². The third-order valence-corrected chi connectivity index (χ3v) is 10.2. The van der Waals surface area contributed by atoms with E-state index in [0.29, 0.717) is 19.3 Å². The molecule has 0 aromatic heterocycles. The molecule has 32 heavy (non-hydrogen) atoms. The van der Waals surface area contributed by atoms with Crippen LogP contribution in [-0.2, 0) is 19.1 Å². The van der Waals surface area contributed by atoms with Crippen molar-refractivity contribution in [2.75, 3.05) is 6.61 Å². The Morgan fingerprint density at radius 1 is 1.28 bits per heavy atom. The maximum Gasteiger partial charge on any atom is 0.305 e. The zero-order valence-corrected chi connectivity index (χ0v) is 19.9. The first-order chi connectivity index (χ1) is 14.9. The molecule has 0 aromatic carbocycles. The van der Waals surface area contributed by atoms with Crippen molar-refractivity contribution in [2.45, 2.75) is 76.4 Å². The number of carbonyl (C=O) groups excluding carboxylic acids is 3. The Bertz CT molecular complexity index is 925. The van der Waals surface area contributed by atoms with Gasteiger partial charge in [-0.1, -0.05) is 39.3 Å². The Labute approximate surface area is 194 Å². The van der Waals surface area contributed by atoms with Crippen LogP contribution in [0, 0.1) is 28.6 Å². The number of hydrogen-bond acceptors (Lipinski definition) is 6. The van der Waals surface area contributed by atoms with Crippen molar-refractivity contribution in [3.63, 3.8) is 0 Å². The van der Waals surface area contributed by atoms with Gasteiger partial charge in [0.25, 0.3) is 0 Å². The summed E-state index contributed by atoms with van der Waals surface area (Å²) in [4.78, 5) is 36.4. The van der Waals surface area contributed by atoms with Gasteiger partial charge in [0.15, 0.2) is 11.6 Å². The van der Waals surface area contributed by atoms with Crippen LogP contribution in [0.4, 0.5) is 0 Å². The Hall–Kier alpha value is -1.50. The number of allylic oxidation sites excluding steroid dienone is 4. The van der Waals surface area contributed by atoms with Crippen molar-refractivity contribution in [1.82, 2.24) is 0 Å². The minimum atomic E-state index is -1.73. The predicted octanol–water partition coefficient (Wildman–Crippen LogP) is 3.13. The Morgan fingerprint density at radius 3 is 2.59 bits per heavy atom. The van der Waals surface area contributed by atoms with Gasteiger partial charge in [0.05, 0.1) is 4.87 Å². The fourth-order valence-electron chi connectivity index (χ4n) is 7.59. The number of aliphatic hydroxyl groups is 2. The third-order valence-electron chi connectivity index (χ3n) is 9.33. The number of carbonyl (C=O) groups is 3. The van der Waals surface area contributed by atoms with Crippen LogP contribution in [0.1, 0.15) is 59.8 Å². The molecule has 3 fully saturated rings. The van der Waals surface area contributed by atoms with E-state index in [2.05, 4.69) is 0 Å². The summed E-state index contributed by atoms with van der Waals surface area (Å²) in [5.41, 5.74) is -2.39. The van der Waals surface area contributed by atoms with E-state index in [4.69, 9.17) is 16.3 Å². The van der Waals surface area contributed by atoms with Gasteiger partial charge in [0.1, 0.15) is 18.3 Å². The number of fused-ring (bicyclic) bond motifs is 5. The predicted molar refractivity (Wildman–Crippen MR) is 119 cm³/mol. The van der Waals surface area contributed by atoms with Crippen molar-refractivity contribution in [3.05, 3.63) is 23.8 Å². The standard InChI is InChI=1S/C25H33ClO6/c1-5-21(30)32-20-12-23(4)18(10-14(2)25(23,31)19(29)13-27)17-7-6-15-11-16(28)8-9-22(15,3)24(17,20)26/h8-9,11,14,17-18,20,27,31H,5-7,10,12-13H2,1-4H3/t14-,17-,18-,20-,22-,23-,24-,25-/m0/s1. The quantitative estimate of drug-likeness (QED) is 0.489. The average Bonchev–Trinajstić information content (AvgIpc) is 2.96. The molecule has 8 atom stereocenters. The van der Waals surface area contributed by atoms with E-state index in [-0.39, 0.29) is 36.4 Å². The van der Waals surface area contributed by atoms with E-state index < -0.39 is 45.8 Å². The lowest BCUT2D eigenvalue weighted by Crippen LogP contribution is -2.69. The smallest absolute Gasteiger partial charge is 0.305 e. The second-order valence-corrected chi connectivity index (χ2v) is 11.2. The first-order valence-corrected chi connectivity index (χ1v) is 12.0. The van der Waals surface area contributed by atoms with Gasteiger partial charge in [-0.05, 0) is 55.6 Å². The van der Waals surface area contributed by atoms with E-state index in [0.717, 1.165) is 5.57 Å². The molecule has 4 aliphatic rings. The number of ketones is 2. The molecule has 6 nitrogen and oxygen atoms in total. The second kappa shape index (κ2) is 7.51. The molecule has 2 N–H and O–H groups in total. The molecule has 0 spiro atoms. The summed E-state index contributed by atoms with van der Waals surface area (Å²) in [5, 5.41) is 21.4. The zero-order chi connectivity index (χ0) is 23.7. The molecule has 7 heteroatoms. The lowest BCUT2D eigenvalue weighted by atomic mass is 9.45. The average molecular weight is 465 g/mol. The van der Waals surface area contributed by atoms with Crippen molar-refractivity contribution < 1.29 is 29.3 Å². The normalized spacial score (nSPS) is 47.2. The summed E-state index contributed by atoms with van der Waals surface area (Å²) >= 11 is 7.59. The van der Waals surface area contributed by atoms with Gasteiger partial charge < -0.3 is 14.9 Å². The first kappa shape index (κ1) is 23.7. The van der Waals surface area contributed by atoms with Crippen molar-refractivity contribution >= 4 is 29.1 Å². The van der Waals surface area contributed by atoms with Gasteiger partial charge in [-0.15, -0.1) is 11.6 Å². The van der Waals surface area contributed by atoms with Crippen LogP contribution in [0.2, 0.25) is 0 Å². The maximum atomic E-state index is 12.9. The van der Waals surface area contributed by atoms with Crippen molar-refractivity contribution in [3.8, 4) is 0 Å². The molecule has 0 aromatic rings. The van der Waals surface area contributed by atoms with Gasteiger partial charge in [-0.3, -0.25) is 14.4 Å². The summed E-state index contributed by atoms with van der Waals surface area (Å²) in [6.45, 7) is 6.69. The number of ether oxygens (including phenoxy) is 1. The van der Waals surface area contributed by atoms with Gasteiger partial charge in [0.2, 0.25) is 0 Å². The number of halogens is 1. The first-order valence-electron chi connectivity index (χ1n) is 11.6. The number of rotatable bonds is 4. The van der Waals surface area contributed by atoms with Crippen LogP contribution in [0.15, 0.2) is 23.8 Å². The van der Waals surface area contributed by atoms with Crippen molar-refractivity contribution in [2.24, 2.45) is 28.6 Å². The molecule has 0 saturated heterocycles. The molecule has 4 aliphatic carbocycles. The molecule has 0 aliphatic heterocycles. The molecule has 0 radical (unpaired) electrons.